The number of nitrogens with zero attached hydrogens (tertiary/aromatic N) is 3. The molecule has 0 aliphatic heterocycles. The highest BCUT2D eigenvalue weighted by molar-refractivity contribution is 7.97. The number of esters is 3. The Bertz CT molecular complexity index is 1230. The zero-order valence-electron chi connectivity index (χ0n) is 25.9. The molecule has 24 heteroatoms. The first kappa shape index (κ1) is 43.0. The molecule has 0 aromatic carbocycles. The van der Waals surface area contributed by atoms with Gasteiger partial charge in [-0.05, 0) is 20.8 Å². The highest BCUT2D eigenvalue weighted by atomic mass is 32.2. The average molecular weight is 796 g/mol. The number of aromatic nitrogens is 3. The highest BCUT2D eigenvalue weighted by Crippen LogP contribution is 2.07. The van der Waals surface area contributed by atoms with Crippen molar-refractivity contribution in [1.29, 1.82) is 0 Å². The summed E-state index contributed by atoms with van der Waals surface area (Å²) in [4.78, 5) is 73.8. The Morgan fingerprint density at radius 3 is 0.979 bits per heavy atom. The SMILES string of the molecule is CCOC(=O)CSOC(=S)OCCn1c(=O)n(CCOC(=S)OSCC(=O)OCC)c(=O)n(CCOC(=S)OSCC(=O)OCC)c1=O. The van der Waals surface area contributed by atoms with E-state index in [1.165, 1.54) is 0 Å². The first-order chi connectivity index (χ1) is 22.9. The minimum atomic E-state index is -1.00. The first-order valence-electron chi connectivity index (χ1n) is 13.7. The van der Waals surface area contributed by atoms with Gasteiger partial charge in [-0.25, -0.2) is 28.1 Å². The van der Waals surface area contributed by atoms with E-state index in [0.29, 0.717) is 49.8 Å². The molecule has 1 aromatic heterocycles. The molecule has 48 heavy (non-hydrogen) atoms. The molecule has 1 heterocycles. The standard InChI is InChI=1S/C24H33N3O15S6/c1-4-34-16(28)13-46-40-22(43)37-10-7-25-19(31)26(8-11-38-23(44)41-47-14-17(29)35-5-2)21(33)27(20(25)32)9-12-39-24(45)42-48-15-18(30)36-6-3/h4-15H2,1-3H3. The van der Waals surface area contributed by atoms with Gasteiger partial charge in [-0.1, -0.05) is 0 Å². The fraction of sp³-hybridized carbons (Fsp3) is 0.625. The Balaban J connectivity index is 2.95. The van der Waals surface area contributed by atoms with Gasteiger partial charge in [0.1, 0.15) is 37.1 Å². The summed E-state index contributed by atoms with van der Waals surface area (Å²) in [6.07, 6.45) is 0. The largest absolute Gasteiger partial charge is 0.465 e. The minimum absolute atomic E-state index is 0.159. The van der Waals surface area contributed by atoms with Gasteiger partial charge < -0.3 is 41.0 Å². The minimum Gasteiger partial charge on any atom is -0.465 e. The summed E-state index contributed by atoms with van der Waals surface area (Å²) in [6.45, 7) is 3.43. The fourth-order valence-corrected chi connectivity index (χ4v) is 4.81. The lowest BCUT2D eigenvalue weighted by Gasteiger charge is -2.15. The normalized spacial score (nSPS) is 10.3. The van der Waals surface area contributed by atoms with Crippen LogP contribution in [0.3, 0.4) is 0 Å². The molecule has 18 nitrogen and oxygen atoms in total. The van der Waals surface area contributed by atoms with Crippen molar-refractivity contribution in [3.05, 3.63) is 31.5 Å². The van der Waals surface area contributed by atoms with E-state index < -0.39 is 35.0 Å². The third kappa shape index (κ3) is 17.4. The van der Waals surface area contributed by atoms with E-state index in [2.05, 4.69) is 0 Å². The third-order valence-corrected chi connectivity index (χ3v) is 7.61. The molecule has 0 bridgehead atoms. The Morgan fingerprint density at radius 1 is 0.500 bits per heavy atom. The molecule has 0 atom stereocenters. The van der Waals surface area contributed by atoms with Gasteiger partial charge in [0, 0.05) is 36.7 Å². The predicted molar refractivity (Wildman–Crippen MR) is 185 cm³/mol. The molecule has 0 saturated carbocycles. The van der Waals surface area contributed by atoms with Gasteiger partial charge in [0.25, 0.3) is 0 Å². The smallest absolute Gasteiger partial charge is 0.364 e. The monoisotopic (exact) mass is 795 g/mol. The van der Waals surface area contributed by atoms with Crippen molar-refractivity contribution < 1.29 is 55.4 Å². The molecule has 0 amide bonds. The van der Waals surface area contributed by atoms with Gasteiger partial charge in [-0.2, -0.15) is 0 Å². The van der Waals surface area contributed by atoms with Crippen molar-refractivity contribution in [3.8, 4) is 0 Å². The van der Waals surface area contributed by atoms with Crippen LogP contribution in [0.25, 0.3) is 0 Å². The number of ether oxygens (including phenoxy) is 6. The van der Waals surface area contributed by atoms with Crippen LogP contribution in [-0.4, -0.2) is 104 Å². The van der Waals surface area contributed by atoms with Crippen LogP contribution < -0.4 is 17.1 Å². The molecule has 1 rings (SSSR count). The Morgan fingerprint density at radius 2 is 0.750 bits per heavy atom. The lowest BCUT2D eigenvalue weighted by atomic mass is 10.5. The average Bonchev–Trinajstić information content (AvgIpc) is 3.02. The van der Waals surface area contributed by atoms with Crippen LogP contribution in [0.15, 0.2) is 14.4 Å². The van der Waals surface area contributed by atoms with E-state index in [4.69, 9.17) is 77.6 Å². The maximum Gasteiger partial charge on any atom is 0.364 e. The molecule has 0 unspecified atom stereocenters. The Kier molecular flexibility index (Phi) is 22.4. The molecule has 0 aliphatic carbocycles. The summed E-state index contributed by atoms with van der Waals surface area (Å²) in [5.74, 6) is -2.07. The number of carbonyl (C=O) groups excluding carboxylic acids is 3. The number of hydrogen-bond donors (Lipinski definition) is 0. The van der Waals surface area contributed by atoms with Gasteiger partial charge in [-0.3, -0.25) is 14.4 Å². The van der Waals surface area contributed by atoms with Crippen molar-refractivity contribution in [2.45, 2.75) is 40.4 Å². The van der Waals surface area contributed by atoms with Gasteiger partial charge >= 0.3 is 50.7 Å². The van der Waals surface area contributed by atoms with Crippen LogP contribution in [0.5, 0.6) is 0 Å². The Hall–Kier alpha value is -3.06. The highest BCUT2D eigenvalue weighted by Gasteiger charge is 2.17. The lowest BCUT2D eigenvalue weighted by Crippen LogP contribution is -2.55. The summed E-state index contributed by atoms with van der Waals surface area (Å²) in [5.41, 5.74) is -3.01. The fourth-order valence-electron chi connectivity index (χ4n) is 2.97. The molecule has 0 radical (unpaired) electrons. The summed E-state index contributed by atoms with van der Waals surface area (Å²) < 4.78 is 47.2. The van der Waals surface area contributed by atoms with Crippen LogP contribution in [0.4, 0.5) is 0 Å². The summed E-state index contributed by atoms with van der Waals surface area (Å²) in [7, 11) is 0. The van der Waals surface area contributed by atoms with E-state index in [0.717, 1.165) is 0 Å². The zero-order chi connectivity index (χ0) is 35.9. The molecule has 0 spiro atoms. The lowest BCUT2D eigenvalue weighted by molar-refractivity contribution is -0.140. The van der Waals surface area contributed by atoms with Crippen LogP contribution in [0.1, 0.15) is 20.8 Å². The second kappa shape index (κ2) is 25.0. The summed E-state index contributed by atoms with van der Waals surface area (Å²) in [6, 6.07) is 0. The molecule has 0 fully saturated rings. The van der Waals surface area contributed by atoms with Crippen molar-refractivity contribution in [2.24, 2.45) is 0 Å². The van der Waals surface area contributed by atoms with Crippen LogP contribution in [0, 0.1) is 0 Å². The summed E-state index contributed by atoms with van der Waals surface area (Å²) in [5, 5.41) is -1.13. The molecule has 0 aliphatic rings. The van der Waals surface area contributed by atoms with Gasteiger partial charge in [-0.15, -0.1) is 0 Å². The molecule has 0 N–H and O–H groups in total. The molecular formula is C24H33N3O15S6. The van der Waals surface area contributed by atoms with E-state index in [1.54, 1.807) is 20.8 Å². The second-order valence-corrected chi connectivity index (χ2v) is 11.1. The molecule has 1 aromatic rings. The van der Waals surface area contributed by atoms with Crippen LogP contribution in [0.2, 0.25) is 0 Å². The van der Waals surface area contributed by atoms with Crippen molar-refractivity contribution in [2.75, 3.05) is 56.9 Å². The van der Waals surface area contributed by atoms with Crippen molar-refractivity contribution in [1.82, 2.24) is 13.7 Å². The van der Waals surface area contributed by atoms with Crippen LogP contribution >= 0.6 is 72.8 Å². The van der Waals surface area contributed by atoms with Gasteiger partial charge in [0.05, 0.1) is 75.6 Å². The number of hydrogen-bond acceptors (Lipinski definition) is 21. The van der Waals surface area contributed by atoms with E-state index in [1.807, 2.05) is 0 Å². The van der Waals surface area contributed by atoms with Crippen molar-refractivity contribution in [3.63, 3.8) is 0 Å². The topological polar surface area (TPSA) is 200 Å². The Labute approximate surface area is 302 Å². The van der Waals surface area contributed by atoms with Crippen molar-refractivity contribution >= 4 is 106 Å². The van der Waals surface area contributed by atoms with E-state index in [9.17, 15) is 28.8 Å². The van der Waals surface area contributed by atoms with Gasteiger partial charge in [0.2, 0.25) is 0 Å². The molecule has 0 saturated heterocycles. The third-order valence-electron chi connectivity index (χ3n) is 4.82. The molecule has 270 valence electrons. The first-order valence-corrected chi connectivity index (χ1v) is 17.7. The van der Waals surface area contributed by atoms with Crippen LogP contribution in [-0.2, 0) is 75.0 Å². The maximum atomic E-state index is 13.2. The number of rotatable bonds is 21. The predicted octanol–water partition coefficient (Wildman–Crippen LogP) is 0.760. The number of thiocarbonyl (C=S) groups is 3. The quantitative estimate of drug-likeness (QED) is 0.0730. The van der Waals surface area contributed by atoms with E-state index in [-0.39, 0.29) is 92.2 Å². The zero-order valence-corrected chi connectivity index (χ0v) is 30.8. The molecular weight excluding hydrogens is 763 g/mol. The second-order valence-electron chi connectivity index (χ2n) is 8.05. The van der Waals surface area contributed by atoms with E-state index >= 15 is 0 Å². The maximum absolute atomic E-state index is 13.2. The number of carbonyl (C=O) groups is 3. The summed E-state index contributed by atoms with van der Waals surface area (Å²) >= 11 is 16.8. The van der Waals surface area contributed by atoms with Gasteiger partial charge in [0.15, 0.2) is 0 Å².